The molecule has 0 atom stereocenters. The Balaban J connectivity index is 0.00000242. The van der Waals surface area contributed by atoms with Crippen molar-refractivity contribution in [2.45, 2.75) is 13.0 Å². The first-order chi connectivity index (χ1) is 10.2. The fourth-order valence-corrected chi connectivity index (χ4v) is 2.28. The third kappa shape index (κ3) is 5.24. The summed E-state index contributed by atoms with van der Waals surface area (Å²) >= 11 is 0. The molecule has 0 heterocycles. The van der Waals surface area contributed by atoms with Gasteiger partial charge in [0.2, 0.25) is 0 Å². The van der Waals surface area contributed by atoms with E-state index >= 15 is 0 Å². The molecule has 0 aliphatic rings. The smallest absolute Gasteiger partial charge is 0.122 e. The standard InChI is InChI=1S/C18H24N2O.ClH/c1-20(2)17-10-8-15(9-11-17)14-19-13-12-16-6-4-5-7-18(16)21-3;/h4-11,19H,12-14H2,1-3H3;1H/p-1. The lowest BCUT2D eigenvalue weighted by molar-refractivity contribution is -0.00000467. The van der Waals surface area contributed by atoms with Crippen LogP contribution < -0.4 is 27.4 Å². The summed E-state index contributed by atoms with van der Waals surface area (Å²) in [5, 5.41) is 3.48. The van der Waals surface area contributed by atoms with E-state index < -0.39 is 0 Å². The van der Waals surface area contributed by atoms with Gasteiger partial charge in [-0.05, 0) is 42.3 Å². The number of para-hydroxylation sites is 1. The van der Waals surface area contributed by atoms with Crippen molar-refractivity contribution < 1.29 is 17.1 Å². The van der Waals surface area contributed by atoms with E-state index in [1.807, 2.05) is 12.1 Å². The van der Waals surface area contributed by atoms with E-state index in [-0.39, 0.29) is 12.4 Å². The summed E-state index contributed by atoms with van der Waals surface area (Å²) in [6, 6.07) is 16.8. The fraction of sp³-hybridized carbons (Fsp3) is 0.333. The van der Waals surface area contributed by atoms with Crippen LogP contribution in [0.3, 0.4) is 0 Å². The largest absolute Gasteiger partial charge is 1.00 e. The summed E-state index contributed by atoms with van der Waals surface area (Å²) in [6.07, 6.45) is 0.972. The third-order valence-corrected chi connectivity index (χ3v) is 3.55. The van der Waals surface area contributed by atoms with E-state index in [0.717, 1.165) is 25.3 Å². The first-order valence-electron chi connectivity index (χ1n) is 7.29. The van der Waals surface area contributed by atoms with Gasteiger partial charge in [-0.3, -0.25) is 0 Å². The van der Waals surface area contributed by atoms with E-state index in [2.05, 4.69) is 60.7 Å². The van der Waals surface area contributed by atoms with Crippen LogP contribution >= 0.6 is 0 Å². The normalized spacial score (nSPS) is 9.95. The summed E-state index contributed by atoms with van der Waals surface area (Å²) in [5.41, 5.74) is 3.78. The zero-order chi connectivity index (χ0) is 15.1. The number of anilines is 1. The van der Waals surface area contributed by atoms with Crippen LogP contribution in [0.4, 0.5) is 5.69 Å². The van der Waals surface area contributed by atoms with Crippen LogP contribution in [-0.2, 0) is 13.0 Å². The average Bonchev–Trinajstić information content (AvgIpc) is 2.52. The molecule has 0 bridgehead atoms. The Hall–Kier alpha value is -1.71. The number of hydrogen-bond donors (Lipinski definition) is 1. The van der Waals surface area contributed by atoms with Gasteiger partial charge in [-0.25, -0.2) is 0 Å². The molecule has 2 rings (SSSR count). The highest BCUT2D eigenvalue weighted by Gasteiger charge is 2.01. The highest BCUT2D eigenvalue weighted by molar-refractivity contribution is 5.45. The number of rotatable bonds is 7. The van der Waals surface area contributed by atoms with E-state index in [1.54, 1.807) is 7.11 Å². The second-order valence-electron chi connectivity index (χ2n) is 5.30. The summed E-state index contributed by atoms with van der Waals surface area (Å²) in [6.45, 7) is 1.83. The number of ether oxygens (including phenoxy) is 1. The minimum atomic E-state index is 0. The lowest BCUT2D eigenvalue weighted by Gasteiger charge is -2.13. The molecule has 0 aliphatic carbocycles. The number of methoxy groups -OCH3 is 1. The Labute approximate surface area is 139 Å². The van der Waals surface area contributed by atoms with Gasteiger partial charge in [-0.15, -0.1) is 0 Å². The van der Waals surface area contributed by atoms with Crippen LogP contribution in [0.25, 0.3) is 0 Å². The Morgan fingerprint density at radius 1 is 1.00 bits per heavy atom. The van der Waals surface area contributed by atoms with E-state index in [1.165, 1.54) is 16.8 Å². The summed E-state index contributed by atoms with van der Waals surface area (Å²) in [5.74, 6) is 0.967. The van der Waals surface area contributed by atoms with Crippen LogP contribution in [0, 0.1) is 0 Å². The van der Waals surface area contributed by atoms with Gasteiger partial charge >= 0.3 is 0 Å². The van der Waals surface area contributed by atoms with Crippen LogP contribution in [0.1, 0.15) is 11.1 Å². The molecular formula is C18H24ClN2O-. The third-order valence-electron chi connectivity index (χ3n) is 3.55. The molecule has 22 heavy (non-hydrogen) atoms. The molecular weight excluding hydrogens is 296 g/mol. The second-order valence-corrected chi connectivity index (χ2v) is 5.30. The molecule has 0 fully saturated rings. The number of nitrogens with one attached hydrogen (secondary N) is 1. The van der Waals surface area contributed by atoms with Crippen molar-refractivity contribution in [1.29, 1.82) is 0 Å². The zero-order valence-corrected chi connectivity index (χ0v) is 14.2. The van der Waals surface area contributed by atoms with Crippen molar-refractivity contribution in [2.24, 2.45) is 0 Å². The molecule has 0 aliphatic heterocycles. The summed E-state index contributed by atoms with van der Waals surface area (Å²) < 4.78 is 5.36. The summed E-state index contributed by atoms with van der Waals surface area (Å²) in [4.78, 5) is 2.11. The minimum Gasteiger partial charge on any atom is -1.00 e. The average molecular weight is 320 g/mol. The molecule has 0 spiro atoms. The van der Waals surface area contributed by atoms with Gasteiger partial charge < -0.3 is 27.4 Å². The number of nitrogens with zero attached hydrogens (tertiary/aromatic N) is 1. The quantitative estimate of drug-likeness (QED) is 0.733. The highest BCUT2D eigenvalue weighted by Crippen LogP contribution is 2.17. The van der Waals surface area contributed by atoms with Gasteiger partial charge in [0.25, 0.3) is 0 Å². The number of halogens is 1. The topological polar surface area (TPSA) is 24.5 Å². The molecule has 4 heteroatoms. The molecule has 3 nitrogen and oxygen atoms in total. The maximum atomic E-state index is 5.36. The maximum absolute atomic E-state index is 5.36. The Morgan fingerprint density at radius 3 is 2.32 bits per heavy atom. The van der Waals surface area contributed by atoms with Gasteiger partial charge in [0.15, 0.2) is 0 Å². The maximum Gasteiger partial charge on any atom is 0.122 e. The monoisotopic (exact) mass is 319 g/mol. The first-order valence-corrected chi connectivity index (χ1v) is 7.29. The van der Waals surface area contributed by atoms with Gasteiger partial charge in [0.1, 0.15) is 5.75 Å². The predicted molar refractivity (Wildman–Crippen MR) is 89.2 cm³/mol. The lowest BCUT2D eigenvalue weighted by Crippen LogP contribution is -3.00. The van der Waals surface area contributed by atoms with Crippen molar-refractivity contribution in [3.8, 4) is 5.75 Å². The molecule has 0 amide bonds. The molecule has 0 unspecified atom stereocenters. The predicted octanol–water partition coefficient (Wildman–Crippen LogP) is 0.0975. The Morgan fingerprint density at radius 2 is 1.68 bits per heavy atom. The van der Waals surface area contributed by atoms with Crippen LogP contribution in [0.15, 0.2) is 48.5 Å². The lowest BCUT2D eigenvalue weighted by atomic mass is 10.1. The Bertz CT molecular complexity index is 555. The van der Waals surface area contributed by atoms with Crippen molar-refractivity contribution in [1.82, 2.24) is 5.32 Å². The molecule has 1 N–H and O–H groups in total. The summed E-state index contributed by atoms with van der Waals surface area (Å²) in [7, 11) is 5.83. The molecule has 120 valence electrons. The SMILES string of the molecule is COc1ccccc1CCNCc1ccc(N(C)C)cc1.[Cl-]. The van der Waals surface area contributed by atoms with E-state index in [9.17, 15) is 0 Å². The van der Waals surface area contributed by atoms with E-state index in [4.69, 9.17) is 4.74 Å². The molecule has 0 aromatic heterocycles. The fourth-order valence-electron chi connectivity index (χ4n) is 2.28. The van der Waals surface area contributed by atoms with Gasteiger partial charge in [-0.2, -0.15) is 0 Å². The van der Waals surface area contributed by atoms with Crippen LogP contribution in [0.5, 0.6) is 5.75 Å². The molecule has 2 aromatic rings. The number of hydrogen-bond acceptors (Lipinski definition) is 3. The van der Waals surface area contributed by atoms with Gasteiger partial charge in [-0.1, -0.05) is 30.3 Å². The highest BCUT2D eigenvalue weighted by atomic mass is 35.5. The van der Waals surface area contributed by atoms with Gasteiger partial charge in [0, 0.05) is 26.3 Å². The van der Waals surface area contributed by atoms with Crippen molar-refractivity contribution in [3.05, 3.63) is 59.7 Å². The molecule has 0 radical (unpaired) electrons. The van der Waals surface area contributed by atoms with Crippen LogP contribution in [-0.4, -0.2) is 27.7 Å². The Kier molecular flexibility index (Phi) is 7.78. The van der Waals surface area contributed by atoms with Crippen molar-refractivity contribution in [3.63, 3.8) is 0 Å². The number of benzene rings is 2. The van der Waals surface area contributed by atoms with Crippen molar-refractivity contribution in [2.75, 3.05) is 32.6 Å². The minimum absolute atomic E-state index is 0. The van der Waals surface area contributed by atoms with Crippen molar-refractivity contribution >= 4 is 5.69 Å². The van der Waals surface area contributed by atoms with Gasteiger partial charge in [0.05, 0.1) is 7.11 Å². The van der Waals surface area contributed by atoms with E-state index in [0.29, 0.717) is 0 Å². The second kappa shape index (κ2) is 9.34. The molecule has 0 saturated heterocycles. The first kappa shape index (κ1) is 18.3. The van der Waals surface area contributed by atoms with Crippen LogP contribution in [0.2, 0.25) is 0 Å². The zero-order valence-electron chi connectivity index (χ0n) is 13.5. The molecule has 2 aromatic carbocycles. The molecule has 0 saturated carbocycles.